The molecule has 4 aliphatic carbocycles. The van der Waals surface area contributed by atoms with Crippen LogP contribution in [0.3, 0.4) is 0 Å². The van der Waals surface area contributed by atoms with E-state index in [9.17, 15) is 0 Å². The van der Waals surface area contributed by atoms with Crippen molar-refractivity contribution >= 4 is 17.1 Å². The van der Waals surface area contributed by atoms with Crippen LogP contribution in [-0.4, -0.2) is 10.9 Å². The molecular weight excluding hydrogens is 725 g/mol. The largest absolute Gasteiger partial charge is 0.337 e. The van der Waals surface area contributed by atoms with Gasteiger partial charge in [-0.15, -0.1) is 0 Å². The van der Waals surface area contributed by atoms with Crippen LogP contribution in [0.2, 0.25) is 0 Å². The number of benzene rings is 6. The Labute approximate surface area is 354 Å². The van der Waals surface area contributed by atoms with Gasteiger partial charge in [-0.2, -0.15) is 0 Å². The molecule has 4 atom stereocenters. The summed E-state index contributed by atoms with van der Waals surface area (Å²) < 4.78 is 0. The minimum atomic E-state index is 0.297. The first-order valence-electron chi connectivity index (χ1n) is 21.4. The topological polar surface area (TPSA) is 6.48 Å². The van der Waals surface area contributed by atoms with Gasteiger partial charge in [0.2, 0.25) is 0 Å². The molecule has 0 saturated heterocycles. The van der Waals surface area contributed by atoms with Crippen molar-refractivity contribution in [1.82, 2.24) is 4.90 Å². The normalized spacial score (nSPS) is 21.0. The van der Waals surface area contributed by atoms with Crippen molar-refractivity contribution in [2.24, 2.45) is 11.8 Å². The van der Waals surface area contributed by atoms with Crippen molar-refractivity contribution in [3.63, 3.8) is 0 Å². The third-order valence-electron chi connectivity index (χ3n) is 12.9. The second-order valence-corrected chi connectivity index (χ2v) is 16.4. The Kier molecular flexibility index (Phi) is 9.32. The highest BCUT2D eigenvalue weighted by Crippen LogP contribution is 2.49. The minimum Gasteiger partial charge on any atom is -0.337 e. The maximum atomic E-state index is 2.65. The van der Waals surface area contributed by atoms with E-state index >= 15 is 0 Å². The van der Waals surface area contributed by atoms with Gasteiger partial charge in [0.25, 0.3) is 0 Å². The number of allylic oxidation sites excluding steroid dienone is 12. The predicted molar refractivity (Wildman–Crippen MR) is 251 cm³/mol. The van der Waals surface area contributed by atoms with E-state index in [2.05, 4.69) is 240 Å². The average Bonchev–Trinajstić information content (AvgIpc) is 3.65. The van der Waals surface area contributed by atoms with Gasteiger partial charge >= 0.3 is 0 Å². The van der Waals surface area contributed by atoms with Crippen molar-refractivity contribution in [2.45, 2.75) is 24.8 Å². The number of anilines is 3. The second-order valence-electron chi connectivity index (χ2n) is 16.4. The summed E-state index contributed by atoms with van der Waals surface area (Å²) in [5, 5.41) is 0. The summed E-state index contributed by atoms with van der Waals surface area (Å²) in [4.78, 5) is 5.01. The molecule has 4 unspecified atom stereocenters. The molecule has 0 aromatic heterocycles. The maximum absolute atomic E-state index is 2.65. The first-order valence-corrected chi connectivity index (χ1v) is 21.4. The van der Waals surface area contributed by atoms with Crippen LogP contribution < -0.4 is 4.90 Å². The average molecular weight is 771 g/mol. The molecule has 6 aromatic carbocycles. The van der Waals surface area contributed by atoms with Crippen LogP contribution in [0, 0.1) is 11.8 Å². The van der Waals surface area contributed by atoms with Crippen molar-refractivity contribution in [3.8, 4) is 33.4 Å². The zero-order valence-electron chi connectivity index (χ0n) is 33.6. The molecule has 0 radical (unpaired) electrons. The summed E-state index contributed by atoms with van der Waals surface area (Å²) in [6.07, 6.45) is 30.2. The summed E-state index contributed by atoms with van der Waals surface area (Å²) in [6, 6.07) is 57.5. The summed E-state index contributed by atoms with van der Waals surface area (Å²) in [7, 11) is 0. The van der Waals surface area contributed by atoms with Gasteiger partial charge in [0.1, 0.15) is 0 Å². The molecule has 11 rings (SSSR count). The fraction of sp³-hybridized carbons (Fsp3) is 0.103. The van der Waals surface area contributed by atoms with Crippen LogP contribution in [0.15, 0.2) is 253 Å². The molecule has 6 aromatic rings. The highest BCUT2D eigenvalue weighted by Gasteiger charge is 2.42. The zero-order valence-corrected chi connectivity index (χ0v) is 33.6. The van der Waals surface area contributed by atoms with Crippen molar-refractivity contribution < 1.29 is 0 Å². The van der Waals surface area contributed by atoms with Gasteiger partial charge in [-0.25, -0.2) is 0 Å². The Balaban J connectivity index is 0.881. The highest BCUT2D eigenvalue weighted by molar-refractivity contribution is 5.81. The maximum Gasteiger partial charge on any atom is 0.0626 e. The molecule has 60 heavy (non-hydrogen) atoms. The van der Waals surface area contributed by atoms with Gasteiger partial charge in [-0.1, -0.05) is 188 Å². The van der Waals surface area contributed by atoms with E-state index in [1.54, 1.807) is 0 Å². The lowest BCUT2D eigenvalue weighted by atomic mass is 9.80. The Morgan fingerprint density at radius 1 is 0.467 bits per heavy atom. The molecule has 288 valence electrons. The molecular formula is C58H46N2. The predicted octanol–water partition coefficient (Wildman–Crippen LogP) is 14.8. The number of nitrogens with zero attached hydrogens (tertiary/aromatic N) is 2. The van der Waals surface area contributed by atoms with E-state index in [4.69, 9.17) is 0 Å². The van der Waals surface area contributed by atoms with Crippen molar-refractivity contribution in [3.05, 3.63) is 259 Å². The second kappa shape index (κ2) is 15.5. The van der Waals surface area contributed by atoms with E-state index in [1.165, 1.54) is 61.5 Å². The molecule has 0 saturated carbocycles. The van der Waals surface area contributed by atoms with Crippen LogP contribution >= 0.6 is 0 Å². The van der Waals surface area contributed by atoms with Gasteiger partial charge in [-0.05, 0) is 105 Å². The number of hydrogen-bond acceptors (Lipinski definition) is 2. The quantitative estimate of drug-likeness (QED) is 0.152. The smallest absolute Gasteiger partial charge is 0.0626 e. The molecule has 0 amide bonds. The number of hydrogen-bond donors (Lipinski definition) is 0. The van der Waals surface area contributed by atoms with Crippen molar-refractivity contribution in [2.75, 3.05) is 4.90 Å². The van der Waals surface area contributed by atoms with Crippen LogP contribution in [0.25, 0.3) is 33.4 Å². The Bertz CT molecular complexity index is 2710. The lowest BCUT2D eigenvalue weighted by Crippen LogP contribution is -2.32. The van der Waals surface area contributed by atoms with E-state index in [-0.39, 0.29) is 0 Å². The van der Waals surface area contributed by atoms with Crippen LogP contribution in [0.5, 0.6) is 0 Å². The molecule has 0 fully saturated rings. The summed E-state index contributed by atoms with van der Waals surface area (Å²) in [5.41, 5.74) is 17.8. The van der Waals surface area contributed by atoms with Gasteiger partial charge in [0.15, 0.2) is 0 Å². The summed E-state index contributed by atoms with van der Waals surface area (Å²) in [6.45, 7) is 0. The summed E-state index contributed by atoms with van der Waals surface area (Å²) in [5.74, 6) is 1.15. The Morgan fingerprint density at radius 2 is 1.03 bits per heavy atom. The van der Waals surface area contributed by atoms with Crippen molar-refractivity contribution in [1.29, 1.82) is 0 Å². The van der Waals surface area contributed by atoms with E-state index < -0.39 is 0 Å². The lowest BCUT2D eigenvalue weighted by molar-refractivity contribution is 0.357. The third kappa shape index (κ3) is 6.65. The Hall–Kier alpha value is -7.16. The van der Waals surface area contributed by atoms with Gasteiger partial charge in [0.05, 0.1) is 6.04 Å². The standard InChI is InChI=1S/C58H46N2/c1-3-13-41(14-4-1)43-23-31-49(32-24-43)59(50-33-25-44(26-34-50)42-15-5-2-6-16-42)51-35-27-45(28-36-51)53-19-9-10-20-54(53)46-29-37-52(38-30-46)60-57-22-12-11-21-55(57)56-39-47-17-7-8-18-48(47)40-58(56)60/h1-29,31-39,46,48,55,57H,30,40H2. The first-order chi connectivity index (χ1) is 29.7. The molecule has 5 aliphatic rings. The van der Waals surface area contributed by atoms with E-state index in [0.29, 0.717) is 23.8 Å². The number of fused-ring (bicyclic) bond motifs is 3. The fourth-order valence-electron chi connectivity index (χ4n) is 9.90. The van der Waals surface area contributed by atoms with E-state index in [0.717, 1.165) is 29.9 Å². The Morgan fingerprint density at radius 3 is 1.67 bits per heavy atom. The van der Waals surface area contributed by atoms with Gasteiger partial charge in [-0.3, -0.25) is 0 Å². The first kappa shape index (κ1) is 36.0. The molecule has 0 spiro atoms. The molecule has 1 aliphatic heterocycles. The van der Waals surface area contributed by atoms with Gasteiger partial charge < -0.3 is 9.80 Å². The SMILES string of the molecule is C1=CC2=CC3=C(CC2C=C1)N(C1=CCC(c2ccccc2-c2ccc(N(c4ccc(-c5ccccc5)cc4)c4ccc(-c5ccccc5)cc4)cc2)C=C1)C1C=CC=CC31. The molecule has 0 bridgehead atoms. The van der Waals surface area contributed by atoms with Crippen LogP contribution in [0.1, 0.15) is 24.3 Å². The minimum absolute atomic E-state index is 0.297. The molecule has 2 heteroatoms. The van der Waals surface area contributed by atoms with Crippen LogP contribution in [0.4, 0.5) is 17.1 Å². The third-order valence-corrected chi connectivity index (χ3v) is 12.9. The monoisotopic (exact) mass is 770 g/mol. The fourth-order valence-corrected chi connectivity index (χ4v) is 9.90. The lowest BCUT2D eigenvalue weighted by Gasteiger charge is -2.35. The highest BCUT2D eigenvalue weighted by atomic mass is 15.2. The molecule has 1 heterocycles. The molecule has 2 nitrogen and oxygen atoms in total. The van der Waals surface area contributed by atoms with E-state index in [1.807, 2.05) is 0 Å². The number of rotatable bonds is 8. The van der Waals surface area contributed by atoms with Gasteiger partial charge in [0, 0.05) is 46.2 Å². The zero-order chi connectivity index (χ0) is 39.8. The van der Waals surface area contributed by atoms with Crippen LogP contribution in [-0.2, 0) is 0 Å². The summed E-state index contributed by atoms with van der Waals surface area (Å²) >= 11 is 0. The molecule has 0 N–H and O–H groups in total.